The van der Waals surface area contributed by atoms with Crippen LogP contribution in [-0.2, 0) is 27.8 Å². The van der Waals surface area contributed by atoms with Crippen molar-refractivity contribution < 1.29 is 13.2 Å². The van der Waals surface area contributed by atoms with Gasteiger partial charge in [-0.1, -0.05) is 41.9 Å². The summed E-state index contributed by atoms with van der Waals surface area (Å²) in [5, 5.41) is 7.13. The first-order valence-corrected chi connectivity index (χ1v) is 11.2. The van der Waals surface area contributed by atoms with Gasteiger partial charge in [-0.15, -0.1) is 24.0 Å². The molecular formula is C20H28ClIN4O3S. The van der Waals surface area contributed by atoms with Crippen molar-refractivity contribution in [3.63, 3.8) is 0 Å². The molecule has 3 N–H and O–H groups in total. The number of aliphatic imine (C=N–C) groups is 1. The quantitative estimate of drug-likeness (QED) is 0.178. The number of rotatable bonds is 10. The molecule has 10 heteroatoms. The van der Waals surface area contributed by atoms with Gasteiger partial charge in [-0.05, 0) is 36.2 Å². The molecule has 7 nitrogen and oxygen atoms in total. The summed E-state index contributed by atoms with van der Waals surface area (Å²) in [5.74, 6) is 0.658. The van der Waals surface area contributed by atoms with Gasteiger partial charge in [0.25, 0.3) is 0 Å². The van der Waals surface area contributed by atoms with Crippen LogP contribution in [0, 0.1) is 0 Å². The van der Waals surface area contributed by atoms with Gasteiger partial charge in [0.1, 0.15) is 0 Å². The maximum atomic E-state index is 12.2. The van der Waals surface area contributed by atoms with Gasteiger partial charge in [-0.2, -0.15) is 0 Å². The van der Waals surface area contributed by atoms with Crippen LogP contribution in [0.4, 0.5) is 0 Å². The van der Waals surface area contributed by atoms with Crippen molar-refractivity contribution in [2.45, 2.75) is 24.9 Å². The maximum absolute atomic E-state index is 12.2. The maximum Gasteiger partial charge on any atom is 0.240 e. The number of halogens is 2. The molecule has 0 aliphatic heterocycles. The van der Waals surface area contributed by atoms with Gasteiger partial charge in [0, 0.05) is 31.8 Å². The molecule has 2 rings (SSSR count). The largest absolute Gasteiger partial charge is 0.383 e. The van der Waals surface area contributed by atoms with E-state index >= 15 is 0 Å². The monoisotopic (exact) mass is 566 g/mol. The molecule has 2 aromatic carbocycles. The number of ether oxygens (including phenoxy) is 1. The van der Waals surface area contributed by atoms with Crippen molar-refractivity contribution in [1.82, 2.24) is 15.4 Å². The molecule has 0 bridgehead atoms. The van der Waals surface area contributed by atoms with Crippen molar-refractivity contribution in [3.05, 3.63) is 64.7 Å². The number of nitrogens with one attached hydrogen (secondary N) is 3. The first-order chi connectivity index (χ1) is 14.0. The van der Waals surface area contributed by atoms with E-state index in [1.54, 1.807) is 24.3 Å². The van der Waals surface area contributed by atoms with Gasteiger partial charge >= 0.3 is 0 Å². The van der Waals surface area contributed by atoms with E-state index in [-0.39, 0.29) is 35.4 Å². The summed E-state index contributed by atoms with van der Waals surface area (Å²) in [6, 6.07) is 14.3. The molecule has 0 amide bonds. The summed E-state index contributed by atoms with van der Waals surface area (Å²) >= 11 is 6.19. The van der Waals surface area contributed by atoms with E-state index < -0.39 is 10.0 Å². The molecule has 2 aromatic rings. The Hall–Kier alpha value is -1.40. The third kappa shape index (κ3) is 8.76. The van der Waals surface area contributed by atoms with Crippen LogP contribution in [0.3, 0.4) is 0 Å². The fourth-order valence-electron chi connectivity index (χ4n) is 2.47. The second-order valence-electron chi connectivity index (χ2n) is 6.17. The average molecular weight is 567 g/mol. The first-order valence-electron chi connectivity index (χ1n) is 9.29. The Balaban J connectivity index is 0.00000450. The van der Waals surface area contributed by atoms with Gasteiger partial charge in [0.05, 0.1) is 18.0 Å². The topological polar surface area (TPSA) is 91.8 Å². The fourth-order valence-corrected chi connectivity index (χ4v) is 3.68. The Morgan fingerprint density at radius 1 is 1.10 bits per heavy atom. The summed E-state index contributed by atoms with van der Waals surface area (Å²) in [5.41, 5.74) is 1.88. The predicted molar refractivity (Wildman–Crippen MR) is 132 cm³/mol. The number of guanidine groups is 1. The highest BCUT2D eigenvalue weighted by Gasteiger charge is 2.12. The molecule has 0 atom stereocenters. The molecular weight excluding hydrogens is 539 g/mol. The highest BCUT2D eigenvalue weighted by atomic mass is 127. The molecule has 0 heterocycles. The minimum atomic E-state index is -3.54. The van der Waals surface area contributed by atoms with Gasteiger partial charge in [0.15, 0.2) is 5.96 Å². The van der Waals surface area contributed by atoms with Crippen molar-refractivity contribution in [2.75, 3.05) is 26.8 Å². The molecule has 30 heavy (non-hydrogen) atoms. The Morgan fingerprint density at radius 2 is 1.80 bits per heavy atom. The van der Waals surface area contributed by atoms with E-state index in [0.29, 0.717) is 30.7 Å². The number of nitrogens with zero attached hydrogens (tertiary/aromatic N) is 1. The van der Waals surface area contributed by atoms with Crippen LogP contribution in [0.1, 0.15) is 18.1 Å². The van der Waals surface area contributed by atoms with Gasteiger partial charge < -0.3 is 15.4 Å². The molecule has 0 saturated heterocycles. The normalized spacial score (nSPS) is 11.6. The molecule has 0 aliphatic rings. The second-order valence-corrected chi connectivity index (χ2v) is 8.35. The lowest BCUT2D eigenvalue weighted by Gasteiger charge is -2.12. The summed E-state index contributed by atoms with van der Waals surface area (Å²) < 4.78 is 31.7. The highest BCUT2D eigenvalue weighted by molar-refractivity contribution is 14.0. The number of hydrogen-bond acceptors (Lipinski definition) is 4. The van der Waals surface area contributed by atoms with Crippen LogP contribution >= 0.6 is 35.6 Å². The highest BCUT2D eigenvalue weighted by Crippen LogP contribution is 2.14. The van der Waals surface area contributed by atoms with Crippen LogP contribution in [0.2, 0.25) is 5.02 Å². The van der Waals surface area contributed by atoms with E-state index in [0.717, 1.165) is 17.7 Å². The van der Waals surface area contributed by atoms with Crippen LogP contribution in [0.15, 0.2) is 58.4 Å². The van der Waals surface area contributed by atoms with Gasteiger partial charge in [0.2, 0.25) is 10.0 Å². The minimum Gasteiger partial charge on any atom is -0.383 e. The first kappa shape index (κ1) is 26.6. The summed E-state index contributed by atoms with van der Waals surface area (Å²) in [4.78, 5) is 4.76. The van der Waals surface area contributed by atoms with Crippen molar-refractivity contribution in [3.8, 4) is 0 Å². The van der Waals surface area contributed by atoms with E-state index in [1.807, 2.05) is 31.2 Å². The zero-order chi connectivity index (χ0) is 21.1. The number of sulfonamides is 1. The van der Waals surface area contributed by atoms with Crippen LogP contribution in [0.25, 0.3) is 0 Å². The van der Waals surface area contributed by atoms with Gasteiger partial charge in [-0.25, -0.2) is 18.1 Å². The smallest absolute Gasteiger partial charge is 0.240 e. The third-order valence-electron chi connectivity index (χ3n) is 4.00. The Bertz CT molecular complexity index is 909. The SMILES string of the molecule is CCNC(=NCc1ccc(S(=O)(=O)NCCOC)cc1)NCc1ccccc1Cl.I. The number of hydrogen-bond donors (Lipinski definition) is 3. The number of benzene rings is 2. The van der Waals surface area contributed by atoms with Gasteiger partial charge in [-0.3, -0.25) is 0 Å². The average Bonchev–Trinajstić information content (AvgIpc) is 2.71. The summed E-state index contributed by atoms with van der Waals surface area (Å²) in [6.07, 6.45) is 0. The summed E-state index contributed by atoms with van der Waals surface area (Å²) in [7, 11) is -2.01. The molecule has 0 fully saturated rings. The Morgan fingerprint density at radius 3 is 2.43 bits per heavy atom. The van der Waals surface area contributed by atoms with Crippen molar-refractivity contribution in [2.24, 2.45) is 4.99 Å². The second kappa shape index (κ2) is 13.8. The molecule has 0 aromatic heterocycles. The zero-order valence-corrected chi connectivity index (χ0v) is 20.9. The van der Waals surface area contributed by atoms with E-state index in [9.17, 15) is 8.42 Å². The molecule has 0 radical (unpaired) electrons. The molecule has 0 spiro atoms. The third-order valence-corrected chi connectivity index (χ3v) is 5.85. The van der Waals surface area contributed by atoms with E-state index in [2.05, 4.69) is 20.3 Å². The fraction of sp³-hybridized carbons (Fsp3) is 0.350. The van der Waals surface area contributed by atoms with E-state index in [1.165, 1.54) is 7.11 Å². The lowest BCUT2D eigenvalue weighted by Crippen LogP contribution is -2.36. The van der Waals surface area contributed by atoms with Crippen LogP contribution in [0.5, 0.6) is 0 Å². The van der Waals surface area contributed by atoms with Crippen LogP contribution < -0.4 is 15.4 Å². The zero-order valence-electron chi connectivity index (χ0n) is 17.0. The Kier molecular flexibility index (Phi) is 12.3. The standard InChI is InChI=1S/C20H27ClN4O3S.HI/c1-3-22-20(24-15-17-6-4-5-7-19(17)21)23-14-16-8-10-18(11-9-16)29(26,27)25-12-13-28-2;/h4-11,25H,3,12-15H2,1-2H3,(H2,22,23,24);1H. The molecule has 0 unspecified atom stereocenters. The molecule has 0 aliphatic carbocycles. The Labute approximate surface area is 200 Å². The predicted octanol–water partition coefficient (Wildman–Crippen LogP) is 3.14. The molecule has 0 saturated carbocycles. The van der Waals surface area contributed by atoms with Crippen molar-refractivity contribution in [1.29, 1.82) is 0 Å². The van der Waals surface area contributed by atoms with Crippen molar-refractivity contribution >= 4 is 51.6 Å². The number of methoxy groups -OCH3 is 1. The lowest BCUT2D eigenvalue weighted by atomic mass is 10.2. The molecule has 166 valence electrons. The van der Waals surface area contributed by atoms with E-state index in [4.69, 9.17) is 16.3 Å². The summed E-state index contributed by atoms with van der Waals surface area (Å²) in [6.45, 7) is 4.22. The minimum absolute atomic E-state index is 0. The van der Waals surface area contributed by atoms with Crippen LogP contribution in [-0.4, -0.2) is 41.2 Å². The lowest BCUT2D eigenvalue weighted by molar-refractivity contribution is 0.204.